The molecular formula is C23H18Br2N2O7S. The number of carboxylic acid groups (broad SMARTS) is 1. The highest BCUT2D eigenvalue weighted by Crippen LogP contribution is 2.39. The summed E-state index contributed by atoms with van der Waals surface area (Å²) in [5.74, 6) is -1.31. The van der Waals surface area contributed by atoms with E-state index in [9.17, 15) is 23.4 Å². The van der Waals surface area contributed by atoms with Crippen LogP contribution in [0.15, 0.2) is 76.7 Å². The number of anilines is 1. The van der Waals surface area contributed by atoms with Crippen molar-refractivity contribution in [2.75, 3.05) is 5.32 Å². The van der Waals surface area contributed by atoms with Crippen LogP contribution < -0.4 is 13.0 Å². The molecule has 4 rings (SSSR count). The first-order valence-electron chi connectivity index (χ1n) is 10.1. The normalized spacial score (nSPS) is 12.3. The third-order valence-electron chi connectivity index (χ3n) is 5.33. The van der Waals surface area contributed by atoms with E-state index in [-0.39, 0.29) is 33.5 Å². The van der Waals surface area contributed by atoms with Crippen LogP contribution in [0.1, 0.15) is 5.56 Å². The number of aliphatic carboxylic acids is 1. The minimum atomic E-state index is -3.79. The number of halogens is 2. The first kappa shape index (κ1) is 24.9. The number of nitrogens with one attached hydrogen (secondary N) is 2. The van der Waals surface area contributed by atoms with Gasteiger partial charge in [-0.2, -0.15) is 0 Å². The third-order valence-corrected chi connectivity index (χ3v) is 7.84. The Morgan fingerprint density at radius 2 is 1.69 bits per heavy atom. The average Bonchev–Trinajstić information content (AvgIpc) is 3.29. The van der Waals surface area contributed by atoms with Gasteiger partial charge in [0.15, 0.2) is 44.0 Å². The van der Waals surface area contributed by atoms with Crippen LogP contribution in [0.4, 0.5) is 5.69 Å². The molecule has 4 N–H and O–H groups in total. The zero-order chi connectivity index (χ0) is 25.2. The van der Waals surface area contributed by atoms with Crippen molar-refractivity contribution < 1.29 is 31.1 Å². The number of aromatic hydroxyl groups is 1. The standard InChI is InChI=1S/C23H18Br2N2O7S/c24-33-19-9-13(10-20(34-25)22(19)28)8-18(23(29)30)27-14-6-7-17-16(11-14)21(12-26-17)35(31,32)15-4-2-1-3-5-15/h1-7,9-12,18,26-28H,8H2,(H,29,30)/t18-/m1/s1. The second kappa shape index (κ2) is 10.2. The summed E-state index contributed by atoms with van der Waals surface area (Å²) in [6.07, 6.45) is 1.42. The monoisotopic (exact) mass is 624 g/mol. The number of carbonyl (C=O) groups is 1. The molecule has 0 saturated carbocycles. The van der Waals surface area contributed by atoms with Crippen molar-refractivity contribution in [3.05, 3.63) is 72.4 Å². The van der Waals surface area contributed by atoms with Crippen LogP contribution in [0, 0.1) is 0 Å². The van der Waals surface area contributed by atoms with Crippen LogP contribution in [0.5, 0.6) is 17.2 Å². The van der Waals surface area contributed by atoms with Crippen LogP contribution in [-0.4, -0.2) is 35.6 Å². The van der Waals surface area contributed by atoms with E-state index in [2.05, 4.69) is 42.8 Å². The maximum atomic E-state index is 13.2. The molecule has 0 amide bonds. The minimum absolute atomic E-state index is 0.00266. The fourth-order valence-corrected chi connectivity index (χ4v) is 5.58. The van der Waals surface area contributed by atoms with E-state index in [1.54, 1.807) is 36.4 Å². The maximum absolute atomic E-state index is 13.2. The van der Waals surface area contributed by atoms with Crippen LogP contribution >= 0.6 is 32.5 Å². The number of sulfone groups is 1. The van der Waals surface area contributed by atoms with Crippen molar-refractivity contribution in [1.29, 1.82) is 0 Å². The Morgan fingerprint density at radius 1 is 1.03 bits per heavy atom. The highest BCUT2D eigenvalue weighted by molar-refractivity contribution is 9.06. The molecule has 1 aromatic heterocycles. The number of carboxylic acids is 1. The van der Waals surface area contributed by atoms with Gasteiger partial charge in [-0.25, -0.2) is 13.2 Å². The number of phenolic OH excluding ortho intramolecular Hbond substituents is 1. The number of phenols is 1. The molecule has 0 bridgehead atoms. The summed E-state index contributed by atoms with van der Waals surface area (Å²) >= 11 is 5.60. The lowest BCUT2D eigenvalue weighted by Gasteiger charge is -2.17. The van der Waals surface area contributed by atoms with Crippen LogP contribution in [0.25, 0.3) is 10.9 Å². The summed E-state index contributed by atoms with van der Waals surface area (Å²) in [5.41, 5.74) is 1.51. The highest BCUT2D eigenvalue weighted by Gasteiger charge is 2.24. The molecule has 0 unspecified atom stereocenters. The molecule has 182 valence electrons. The second-order valence-electron chi connectivity index (χ2n) is 7.56. The third kappa shape index (κ3) is 5.09. The molecule has 0 aliphatic rings. The predicted molar refractivity (Wildman–Crippen MR) is 136 cm³/mol. The molecule has 0 aliphatic carbocycles. The molecule has 0 aliphatic heterocycles. The molecular weight excluding hydrogens is 608 g/mol. The molecule has 12 heteroatoms. The zero-order valence-corrected chi connectivity index (χ0v) is 21.7. The number of aromatic amines is 1. The first-order chi connectivity index (χ1) is 16.7. The van der Waals surface area contributed by atoms with Gasteiger partial charge in [0.1, 0.15) is 6.04 Å². The van der Waals surface area contributed by atoms with Gasteiger partial charge in [-0.05, 0) is 48.0 Å². The first-order valence-corrected chi connectivity index (χ1v) is 12.9. The SMILES string of the molecule is O=C(O)[C@@H](Cc1cc(OBr)c(O)c(OBr)c1)Nc1ccc2[nH]cc(S(=O)(=O)c3ccccc3)c2c1. The van der Waals surface area contributed by atoms with Crippen LogP contribution in [0.3, 0.4) is 0 Å². The number of hydrogen-bond donors (Lipinski definition) is 4. The summed E-state index contributed by atoms with van der Waals surface area (Å²) < 4.78 is 36.2. The number of aromatic nitrogens is 1. The lowest BCUT2D eigenvalue weighted by molar-refractivity contribution is -0.137. The lowest BCUT2D eigenvalue weighted by Crippen LogP contribution is -2.31. The number of rotatable bonds is 9. The van der Waals surface area contributed by atoms with E-state index in [1.165, 1.54) is 30.5 Å². The molecule has 35 heavy (non-hydrogen) atoms. The fourth-order valence-electron chi connectivity index (χ4n) is 3.64. The van der Waals surface area contributed by atoms with Gasteiger partial charge in [0.25, 0.3) is 0 Å². The Hall–Kier alpha value is -3.22. The molecule has 0 spiro atoms. The van der Waals surface area contributed by atoms with Gasteiger partial charge in [0.2, 0.25) is 15.6 Å². The van der Waals surface area contributed by atoms with Gasteiger partial charge in [0, 0.05) is 29.2 Å². The number of benzene rings is 3. The Balaban J connectivity index is 1.66. The Bertz CT molecular complexity index is 1470. The van der Waals surface area contributed by atoms with Crippen molar-refractivity contribution in [3.8, 4) is 17.2 Å². The summed E-state index contributed by atoms with van der Waals surface area (Å²) in [7, 11) is -3.79. The zero-order valence-electron chi connectivity index (χ0n) is 17.7. The molecule has 0 saturated heterocycles. The molecule has 1 atom stereocenters. The van der Waals surface area contributed by atoms with Gasteiger partial charge in [-0.3, -0.25) is 0 Å². The van der Waals surface area contributed by atoms with E-state index in [0.717, 1.165) is 0 Å². The van der Waals surface area contributed by atoms with Gasteiger partial charge in [-0.1, -0.05) is 18.2 Å². The number of fused-ring (bicyclic) bond motifs is 1. The van der Waals surface area contributed by atoms with Gasteiger partial charge < -0.3 is 28.2 Å². The Labute approximate surface area is 217 Å². The highest BCUT2D eigenvalue weighted by atomic mass is 79.9. The molecule has 1 heterocycles. The lowest BCUT2D eigenvalue weighted by atomic mass is 10.0. The summed E-state index contributed by atoms with van der Waals surface area (Å²) in [6.45, 7) is 0. The van der Waals surface area contributed by atoms with Gasteiger partial charge in [-0.15, -0.1) is 0 Å². The van der Waals surface area contributed by atoms with Crippen molar-refractivity contribution in [2.24, 2.45) is 0 Å². The largest absolute Gasteiger partial charge is 0.502 e. The van der Waals surface area contributed by atoms with E-state index < -0.39 is 21.8 Å². The van der Waals surface area contributed by atoms with E-state index in [0.29, 0.717) is 22.2 Å². The van der Waals surface area contributed by atoms with E-state index in [1.807, 2.05) is 0 Å². The molecule has 9 nitrogen and oxygen atoms in total. The van der Waals surface area contributed by atoms with Gasteiger partial charge >= 0.3 is 5.97 Å². The molecule has 3 aromatic carbocycles. The van der Waals surface area contributed by atoms with Gasteiger partial charge in [0.05, 0.1) is 9.79 Å². The van der Waals surface area contributed by atoms with Crippen molar-refractivity contribution in [1.82, 2.24) is 4.98 Å². The fraction of sp³-hybridized carbons (Fsp3) is 0.0870. The minimum Gasteiger partial charge on any atom is -0.502 e. The maximum Gasteiger partial charge on any atom is 0.326 e. The summed E-state index contributed by atoms with van der Waals surface area (Å²) in [5, 5.41) is 23.2. The van der Waals surface area contributed by atoms with Crippen molar-refractivity contribution in [2.45, 2.75) is 22.3 Å². The van der Waals surface area contributed by atoms with Crippen molar-refractivity contribution >= 4 is 64.9 Å². The number of H-pyrrole nitrogens is 1. The predicted octanol–water partition coefficient (Wildman–Crippen LogP) is 5.19. The summed E-state index contributed by atoms with van der Waals surface area (Å²) in [4.78, 5) is 15.2. The average molecular weight is 626 g/mol. The van der Waals surface area contributed by atoms with E-state index >= 15 is 0 Å². The topological polar surface area (TPSA) is 138 Å². The summed E-state index contributed by atoms with van der Waals surface area (Å²) in [6, 6.07) is 14.8. The van der Waals surface area contributed by atoms with Crippen LogP contribution in [-0.2, 0) is 21.1 Å². The Kier molecular flexibility index (Phi) is 7.24. The smallest absolute Gasteiger partial charge is 0.326 e. The quantitative estimate of drug-likeness (QED) is 0.199. The molecule has 4 aromatic rings. The second-order valence-corrected chi connectivity index (χ2v) is 10.1. The Morgan fingerprint density at radius 3 is 2.29 bits per heavy atom. The van der Waals surface area contributed by atoms with Crippen molar-refractivity contribution in [3.63, 3.8) is 0 Å². The molecule has 0 fully saturated rings. The number of hydrogen-bond acceptors (Lipinski definition) is 7. The van der Waals surface area contributed by atoms with Crippen LogP contribution in [0.2, 0.25) is 0 Å². The van der Waals surface area contributed by atoms with E-state index in [4.69, 9.17) is 7.66 Å². The molecule has 0 radical (unpaired) electrons.